The Morgan fingerprint density at radius 2 is 2.06 bits per heavy atom. The number of carbonyl (C=O) groups is 1. The Kier molecular flexibility index (Phi) is 2.84. The van der Waals surface area contributed by atoms with Gasteiger partial charge in [-0.2, -0.15) is 0 Å². The Bertz CT molecular complexity index is 426. The van der Waals surface area contributed by atoms with Crippen LogP contribution in [0.2, 0.25) is 0 Å². The van der Waals surface area contributed by atoms with Gasteiger partial charge in [-0.25, -0.2) is 0 Å². The molecule has 0 bridgehead atoms. The lowest BCUT2D eigenvalue weighted by molar-refractivity contribution is -0.111. The fourth-order valence-electron chi connectivity index (χ4n) is 1.80. The first-order chi connectivity index (χ1) is 7.49. The van der Waals surface area contributed by atoms with Gasteiger partial charge >= 0.3 is 0 Å². The van der Waals surface area contributed by atoms with Gasteiger partial charge < -0.3 is 9.47 Å². The summed E-state index contributed by atoms with van der Waals surface area (Å²) in [5.41, 5.74) is 0.818. The summed E-state index contributed by atoms with van der Waals surface area (Å²) in [6.07, 6.45) is 0.399. The van der Waals surface area contributed by atoms with Gasteiger partial charge in [0.2, 0.25) is 6.79 Å². The van der Waals surface area contributed by atoms with Crippen LogP contribution in [0.1, 0.15) is 25.8 Å². The number of hydrogen-bond acceptors (Lipinski definition) is 3. The van der Waals surface area contributed by atoms with Crippen molar-refractivity contribution in [3.8, 4) is 11.5 Å². The minimum Gasteiger partial charge on any atom is -0.454 e. The summed E-state index contributed by atoms with van der Waals surface area (Å²) in [5, 5.41) is -0.109. The minimum atomic E-state index is -0.236. The van der Waals surface area contributed by atoms with Gasteiger partial charge in [0.15, 0.2) is 16.6 Å². The molecule has 4 heteroatoms. The third-order valence-corrected chi connectivity index (χ3v) is 2.91. The molecule has 0 saturated heterocycles. The monoisotopic (exact) mass is 238 g/mol. The summed E-state index contributed by atoms with van der Waals surface area (Å²) in [7, 11) is 0. The maximum absolute atomic E-state index is 11.1. The number of thiol groups is 1. The molecule has 1 heterocycles. The summed E-state index contributed by atoms with van der Waals surface area (Å²) in [6.45, 7) is 4.29. The maximum atomic E-state index is 11.1. The molecule has 0 N–H and O–H groups in total. The molecule has 0 atom stereocenters. The lowest BCUT2D eigenvalue weighted by atomic mass is 9.82. The van der Waals surface area contributed by atoms with Crippen LogP contribution < -0.4 is 9.47 Å². The van der Waals surface area contributed by atoms with Crippen molar-refractivity contribution in [1.29, 1.82) is 0 Å². The van der Waals surface area contributed by atoms with Gasteiger partial charge in [-0.05, 0) is 23.1 Å². The Morgan fingerprint density at radius 1 is 1.38 bits per heavy atom. The average molecular weight is 238 g/mol. The Hall–Kier alpha value is -1.16. The van der Waals surface area contributed by atoms with Crippen LogP contribution in [0, 0.1) is 0 Å². The highest BCUT2D eigenvalue weighted by atomic mass is 32.1. The van der Waals surface area contributed by atoms with E-state index >= 15 is 0 Å². The van der Waals surface area contributed by atoms with Crippen LogP contribution in [-0.4, -0.2) is 11.9 Å². The molecule has 0 spiro atoms. The quantitative estimate of drug-likeness (QED) is 0.822. The Balaban J connectivity index is 2.30. The smallest absolute Gasteiger partial charge is 0.231 e. The largest absolute Gasteiger partial charge is 0.454 e. The zero-order valence-electron chi connectivity index (χ0n) is 9.32. The van der Waals surface area contributed by atoms with Crippen molar-refractivity contribution in [2.24, 2.45) is 0 Å². The number of carbonyl (C=O) groups excluding carboxylic acids is 1. The molecule has 86 valence electrons. The molecule has 3 nitrogen and oxygen atoms in total. The van der Waals surface area contributed by atoms with E-state index in [9.17, 15) is 4.79 Å². The molecule has 0 aliphatic carbocycles. The van der Waals surface area contributed by atoms with Gasteiger partial charge in [-0.3, -0.25) is 4.79 Å². The first-order valence-corrected chi connectivity index (χ1v) is 5.56. The van der Waals surface area contributed by atoms with E-state index in [-0.39, 0.29) is 17.3 Å². The predicted molar refractivity (Wildman–Crippen MR) is 64.2 cm³/mol. The highest BCUT2D eigenvalue weighted by Gasteiger charge is 2.25. The molecule has 1 aromatic rings. The lowest BCUT2D eigenvalue weighted by Gasteiger charge is -2.23. The molecule has 0 fully saturated rings. The van der Waals surface area contributed by atoms with Gasteiger partial charge in [-0.15, -0.1) is 12.6 Å². The summed E-state index contributed by atoms with van der Waals surface area (Å²) >= 11 is 3.83. The predicted octanol–water partition coefficient (Wildman–Crippen LogP) is 2.54. The Labute approximate surface area is 100 Å². The average Bonchev–Trinajstić information content (AvgIpc) is 2.61. The van der Waals surface area contributed by atoms with Crippen LogP contribution in [-0.2, 0) is 10.2 Å². The van der Waals surface area contributed by atoms with Gasteiger partial charge in [0.1, 0.15) is 0 Å². The molecule has 16 heavy (non-hydrogen) atoms. The van der Waals surface area contributed by atoms with Crippen molar-refractivity contribution in [3.63, 3.8) is 0 Å². The van der Waals surface area contributed by atoms with Crippen molar-refractivity contribution < 1.29 is 14.3 Å². The normalized spacial score (nSPS) is 13.9. The van der Waals surface area contributed by atoms with Crippen LogP contribution >= 0.6 is 12.6 Å². The summed E-state index contributed by atoms with van der Waals surface area (Å²) in [6, 6.07) is 5.77. The van der Waals surface area contributed by atoms with Crippen molar-refractivity contribution in [2.45, 2.75) is 25.7 Å². The van der Waals surface area contributed by atoms with Crippen molar-refractivity contribution >= 4 is 17.7 Å². The van der Waals surface area contributed by atoms with Crippen molar-refractivity contribution in [1.82, 2.24) is 0 Å². The zero-order chi connectivity index (χ0) is 11.8. The van der Waals surface area contributed by atoms with Gasteiger partial charge in [0.05, 0.1) is 0 Å². The summed E-state index contributed by atoms with van der Waals surface area (Å²) in [5.74, 6) is 1.51. The molecule has 2 rings (SSSR count). The first-order valence-electron chi connectivity index (χ1n) is 5.11. The molecule has 1 aliphatic rings. The highest BCUT2D eigenvalue weighted by molar-refractivity contribution is 7.96. The molecule has 1 aromatic carbocycles. The molecule has 0 radical (unpaired) electrons. The second kappa shape index (κ2) is 4.01. The molecular formula is C12H14O3S. The minimum absolute atomic E-state index is 0.109. The zero-order valence-corrected chi connectivity index (χ0v) is 10.2. The fraction of sp³-hybridized carbons (Fsp3) is 0.417. The van der Waals surface area contributed by atoms with Crippen LogP contribution in [0.15, 0.2) is 18.2 Å². The standard InChI is InChI=1S/C12H14O3S/c1-12(2,6-11(13)16)8-3-4-9-10(5-8)15-7-14-9/h3-5H,6-7H2,1-2H3,(H,13,16). The van der Waals surface area contributed by atoms with E-state index in [1.165, 1.54) is 0 Å². The van der Waals surface area contributed by atoms with Crippen molar-refractivity contribution in [2.75, 3.05) is 6.79 Å². The molecular weight excluding hydrogens is 224 g/mol. The van der Waals surface area contributed by atoms with E-state index in [0.29, 0.717) is 6.42 Å². The first kappa shape index (κ1) is 11.3. The second-order valence-corrected chi connectivity index (χ2v) is 5.02. The fourth-order valence-corrected chi connectivity index (χ4v) is 2.19. The molecule has 0 amide bonds. The third-order valence-electron chi connectivity index (χ3n) is 2.75. The van der Waals surface area contributed by atoms with E-state index in [0.717, 1.165) is 17.1 Å². The number of ether oxygens (including phenoxy) is 2. The van der Waals surface area contributed by atoms with Gasteiger partial charge in [0.25, 0.3) is 0 Å². The molecule has 0 aromatic heterocycles. The van der Waals surface area contributed by atoms with E-state index in [1.807, 2.05) is 32.0 Å². The summed E-state index contributed by atoms with van der Waals surface area (Å²) < 4.78 is 10.6. The van der Waals surface area contributed by atoms with Gasteiger partial charge in [-0.1, -0.05) is 19.9 Å². The summed E-state index contributed by atoms with van der Waals surface area (Å²) in [4.78, 5) is 11.1. The molecule has 0 saturated carbocycles. The Morgan fingerprint density at radius 3 is 2.75 bits per heavy atom. The number of benzene rings is 1. The maximum Gasteiger partial charge on any atom is 0.231 e. The molecule has 0 unspecified atom stereocenters. The topological polar surface area (TPSA) is 35.5 Å². The van der Waals surface area contributed by atoms with E-state index < -0.39 is 0 Å². The van der Waals surface area contributed by atoms with Crippen LogP contribution in [0.3, 0.4) is 0 Å². The number of hydrogen-bond donors (Lipinski definition) is 1. The van der Waals surface area contributed by atoms with Crippen LogP contribution in [0.25, 0.3) is 0 Å². The second-order valence-electron chi connectivity index (χ2n) is 4.52. The van der Waals surface area contributed by atoms with Gasteiger partial charge in [0, 0.05) is 6.42 Å². The SMILES string of the molecule is CC(C)(CC(=O)S)c1ccc2c(c1)OCO2. The molecule has 1 aliphatic heterocycles. The van der Waals surface area contributed by atoms with Crippen LogP contribution in [0.5, 0.6) is 11.5 Å². The number of fused-ring (bicyclic) bond motifs is 1. The lowest BCUT2D eigenvalue weighted by Crippen LogP contribution is -2.19. The van der Waals surface area contributed by atoms with E-state index in [1.54, 1.807) is 0 Å². The number of rotatable bonds is 3. The van der Waals surface area contributed by atoms with Crippen molar-refractivity contribution in [3.05, 3.63) is 23.8 Å². The third kappa shape index (κ3) is 2.16. The van der Waals surface area contributed by atoms with E-state index in [4.69, 9.17) is 9.47 Å². The highest BCUT2D eigenvalue weighted by Crippen LogP contribution is 2.37. The van der Waals surface area contributed by atoms with E-state index in [2.05, 4.69) is 12.6 Å². The van der Waals surface area contributed by atoms with Crippen LogP contribution in [0.4, 0.5) is 0 Å².